The third kappa shape index (κ3) is 6.41. The number of ether oxygens (including phenoxy) is 3. The Balaban J connectivity index is 2.26. The molecule has 0 saturated heterocycles. The number of aliphatic imine (C=N–C) groups is 1. The fourth-order valence-corrected chi connectivity index (χ4v) is 3.90. The van der Waals surface area contributed by atoms with Crippen LogP contribution in [0.25, 0.3) is 0 Å². The van der Waals surface area contributed by atoms with E-state index >= 15 is 17.6 Å². The monoisotopic (exact) mass is 561 g/mol. The van der Waals surface area contributed by atoms with Gasteiger partial charge in [-0.15, -0.1) is 4.90 Å². The van der Waals surface area contributed by atoms with Crippen LogP contribution < -0.4 is 0 Å². The lowest BCUT2D eigenvalue weighted by Gasteiger charge is -2.43. The van der Waals surface area contributed by atoms with Gasteiger partial charge in [-0.1, -0.05) is 0 Å². The van der Waals surface area contributed by atoms with E-state index in [1.165, 1.54) is 41.5 Å². The number of carbonyl (C=O) groups excluding carboxylic acids is 2. The zero-order chi connectivity index (χ0) is 29.7. The second kappa shape index (κ2) is 9.94. The molecule has 1 aromatic carbocycles. The molecule has 39 heavy (non-hydrogen) atoms. The molecule has 2 aliphatic rings. The number of imide groups is 1. The number of rotatable bonds is 4. The van der Waals surface area contributed by atoms with Crippen molar-refractivity contribution in [2.24, 2.45) is 10.9 Å². The summed E-state index contributed by atoms with van der Waals surface area (Å²) in [5, 5.41) is 11.3. The number of amides is 2. The van der Waals surface area contributed by atoms with Crippen LogP contribution in [-0.4, -0.2) is 57.4 Å². The van der Waals surface area contributed by atoms with Crippen molar-refractivity contribution >= 4 is 23.9 Å². The summed E-state index contributed by atoms with van der Waals surface area (Å²) in [4.78, 5) is 40.7. The van der Waals surface area contributed by atoms with Gasteiger partial charge in [0, 0.05) is 23.6 Å². The summed E-state index contributed by atoms with van der Waals surface area (Å²) >= 11 is 0. The summed E-state index contributed by atoms with van der Waals surface area (Å²) < 4.78 is 77.6. The Morgan fingerprint density at radius 1 is 1.10 bits per heavy atom. The van der Waals surface area contributed by atoms with E-state index in [1.807, 2.05) is 0 Å². The largest absolute Gasteiger partial charge is 0.451 e. The fourth-order valence-electron chi connectivity index (χ4n) is 3.90. The minimum absolute atomic E-state index is 0.0514. The van der Waals surface area contributed by atoms with Crippen molar-refractivity contribution in [3.8, 4) is 0 Å². The predicted octanol–water partition coefficient (Wildman–Crippen LogP) is 6.26. The highest BCUT2D eigenvalue weighted by atomic mass is 19.3. The Hall–Kier alpha value is -3.45. The van der Waals surface area contributed by atoms with E-state index < -0.39 is 81.1 Å². The molecule has 0 spiro atoms. The van der Waals surface area contributed by atoms with Gasteiger partial charge < -0.3 is 14.2 Å². The molecule has 1 saturated carbocycles. The van der Waals surface area contributed by atoms with E-state index in [1.54, 1.807) is 0 Å². The van der Waals surface area contributed by atoms with Crippen LogP contribution >= 0.6 is 0 Å². The molecule has 3 atom stereocenters. The first-order valence-corrected chi connectivity index (χ1v) is 12.2. The zero-order valence-corrected chi connectivity index (χ0v) is 22.6. The molecule has 0 bridgehead atoms. The lowest BCUT2D eigenvalue weighted by Crippen LogP contribution is -2.60. The Kier molecular flexibility index (Phi) is 7.67. The number of non-ortho nitro benzene ring substituents is 1. The lowest BCUT2D eigenvalue weighted by molar-refractivity contribution is -0.385. The van der Waals surface area contributed by atoms with Crippen molar-refractivity contribution in [2.45, 2.75) is 96.2 Å². The molecule has 1 aliphatic heterocycles. The van der Waals surface area contributed by atoms with Crippen molar-refractivity contribution in [1.29, 1.82) is 0 Å². The van der Waals surface area contributed by atoms with Crippen molar-refractivity contribution in [3.05, 3.63) is 39.7 Å². The molecule has 1 aliphatic carbocycles. The molecule has 14 heteroatoms. The van der Waals surface area contributed by atoms with Gasteiger partial charge in [-0.25, -0.2) is 32.1 Å². The number of nitro benzene ring substituents is 1. The molecule has 1 aromatic rings. The second-order valence-electron chi connectivity index (χ2n) is 11.6. The normalized spacial score (nSPS) is 23.8. The number of nitro groups is 1. The summed E-state index contributed by atoms with van der Waals surface area (Å²) in [7, 11) is 0. The van der Waals surface area contributed by atoms with Gasteiger partial charge in [-0.3, -0.25) is 10.1 Å². The summed E-state index contributed by atoms with van der Waals surface area (Å²) in [5.41, 5.74) is -6.40. The van der Waals surface area contributed by atoms with Crippen molar-refractivity contribution in [2.75, 3.05) is 0 Å². The molecule has 216 valence electrons. The first-order valence-electron chi connectivity index (χ1n) is 12.2. The molecule has 1 fully saturated rings. The number of benzene rings is 1. The maximum atomic E-state index is 16.1. The van der Waals surface area contributed by atoms with Crippen LogP contribution in [0.1, 0.15) is 66.9 Å². The third-order valence-electron chi connectivity index (χ3n) is 5.91. The number of alkyl halides is 3. The molecular weight excluding hydrogens is 530 g/mol. The second-order valence-corrected chi connectivity index (χ2v) is 11.6. The maximum absolute atomic E-state index is 16.1. The molecular formula is C25H31F4N3O7. The standard InChI is InChI=1S/C25H31F4N3O7/c1-22(2,3)38-20(33)31(21(34)39-23(4,5)6)19-30-24(7,15-12-14(32(35)36)10-11-16(15)26)17(27)18(37-19)25(28,29)13-8-9-13/h10-13,17-18H,8-9H2,1-7H3/t17-,18-,24+/m0/s1. The summed E-state index contributed by atoms with van der Waals surface area (Å²) in [5.74, 6) is -6.31. The molecule has 0 unspecified atom stereocenters. The average molecular weight is 562 g/mol. The van der Waals surface area contributed by atoms with Gasteiger partial charge in [-0.05, 0) is 67.4 Å². The van der Waals surface area contributed by atoms with Crippen LogP contribution in [0.15, 0.2) is 23.2 Å². The molecule has 0 aromatic heterocycles. The van der Waals surface area contributed by atoms with Gasteiger partial charge >= 0.3 is 18.2 Å². The Morgan fingerprint density at radius 3 is 2.05 bits per heavy atom. The molecule has 10 nitrogen and oxygen atoms in total. The molecule has 0 N–H and O–H groups in total. The van der Waals surface area contributed by atoms with E-state index in [2.05, 4.69) is 4.99 Å². The topological polar surface area (TPSA) is 121 Å². The van der Waals surface area contributed by atoms with Crippen molar-refractivity contribution in [1.82, 2.24) is 4.90 Å². The van der Waals surface area contributed by atoms with Gasteiger partial charge in [0.1, 0.15) is 22.6 Å². The zero-order valence-electron chi connectivity index (χ0n) is 22.6. The van der Waals surface area contributed by atoms with Crippen LogP contribution in [0.4, 0.5) is 32.8 Å². The molecule has 1 heterocycles. The maximum Gasteiger partial charge on any atom is 0.428 e. The van der Waals surface area contributed by atoms with Gasteiger partial charge in [0.15, 0.2) is 12.3 Å². The summed E-state index contributed by atoms with van der Waals surface area (Å²) in [6.45, 7) is 9.70. The van der Waals surface area contributed by atoms with Crippen molar-refractivity contribution < 1.29 is 46.3 Å². The first-order chi connectivity index (χ1) is 17.7. The fraction of sp³-hybridized carbons (Fsp3) is 0.640. The smallest absolute Gasteiger partial charge is 0.428 e. The minimum atomic E-state index is -3.84. The number of amidine groups is 1. The molecule has 0 radical (unpaired) electrons. The van der Waals surface area contributed by atoms with Crippen LogP contribution in [-0.2, 0) is 19.7 Å². The number of hydrogen-bond acceptors (Lipinski definition) is 8. The quantitative estimate of drug-likeness (QED) is 0.242. The Bertz CT molecular complexity index is 1160. The lowest BCUT2D eigenvalue weighted by atomic mass is 9.81. The van der Waals surface area contributed by atoms with Gasteiger partial charge in [0.25, 0.3) is 11.6 Å². The van der Waals surface area contributed by atoms with E-state index in [4.69, 9.17) is 14.2 Å². The highest BCUT2D eigenvalue weighted by Crippen LogP contribution is 2.51. The van der Waals surface area contributed by atoms with Gasteiger partial charge in [0.05, 0.1) is 4.92 Å². The first kappa shape index (κ1) is 30.1. The Morgan fingerprint density at radius 2 is 1.62 bits per heavy atom. The van der Waals surface area contributed by atoms with Gasteiger partial charge in [0.2, 0.25) is 0 Å². The minimum Gasteiger partial charge on any atom is -0.451 e. The predicted molar refractivity (Wildman–Crippen MR) is 130 cm³/mol. The summed E-state index contributed by atoms with van der Waals surface area (Å²) in [6, 6.07) is 1.00. The summed E-state index contributed by atoms with van der Waals surface area (Å²) in [6.07, 6.45) is -8.18. The molecule has 3 rings (SSSR count). The van der Waals surface area contributed by atoms with Crippen LogP contribution in [0, 0.1) is 21.8 Å². The number of carbonyl (C=O) groups is 2. The number of hydrogen-bond donors (Lipinski definition) is 0. The SMILES string of the molecule is CC(C)(C)OC(=O)N(C(=O)OC(C)(C)C)C1=N[C@](C)(c2cc([N+](=O)[O-])ccc2F)[C@@H](F)[C@@H](C(F)(F)C2CC2)O1. The highest BCUT2D eigenvalue weighted by Gasteiger charge is 2.64. The van der Waals surface area contributed by atoms with E-state index in [0.29, 0.717) is 12.1 Å². The highest BCUT2D eigenvalue weighted by molar-refractivity contribution is 6.06. The van der Waals surface area contributed by atoms with E-state index in [-0.39, 0.29) is 17.7 Å². The van der Waals surface area contributed by atoms with Crippen LogP contribution in [0.3, 0.4) is 0 Å². The van der Waals surface area contributed by atoms with Crippen LogP contribution in [0.2, 0.25) is 0 Å². The molecule has 2 amide bonds. The Labute approximate surface area is 222 Å². The number of halogens is 4. The van der Waals surface area contributed by atoms with Crippen LogP contribution in [0.5, 0.6) is 0 Å². The van der Waals surface area contributed by atoms with Crippen molar-refractivity contribution in [3.63, 3.8) is 0 Å². The third-order valence-corrected chi connectivity index (χ3v) is 5.91. The average Bonchev–Trinajstić information content (AvgIpc) is 3.59. The van der Waals surface area contributed by atoms with Gasteiger partial charge in [-0.2, -0.15) is 0 Å². The number of nitrogens with zero attached hydrogens (tertiary/aromatic N) is 3. The van der Waals surface area contributed by atoms with E-state index in [0.717, 1.165) is 13.0 Å². The van der Waals surface area contributed by atoms with E-state index in [9.17, 15) is 19.7 Å².